The van der Waals surface area contributed by atoms with Crippen LogP contribution in [-0.2, 0) is 4.79 Å². The van der Waals surface area contributed by atoms with Crippen LogP contribution in [-0.4, -0.2) is 25.3 Å². The number of carbonyl (C=O) groups is 1. The van der Waals surface area contributed by atoms with Gasteiger partial charge in [-0.2, -0.15) is 4.39 Å². The number of ether oxygens (including phenoxy) is 1. The van der Waals surface area contributed by atoms with Crippen molar-refractivity contribution in [3.63, 3.8) is 0 Å². The smallest absolute Gasteiger partial charge is 0.265 e. The summed E-state index contributed by atoms with van der Waals surface area (Å²) >= 11 is 0.309. The first-order valence-corrected chi connectivity index (χ1v) is 8.87. The molecule has 0 spiro atoms. The number of rotatable bonds is 3. The molecular formula is C18H8F7NO2S. The summed E-state index contributed by atoms with van der Waals surface area (Å²) in [5.74, 6) is -14.1. The third-order valence-electron chi connectivity index (χ3n) is 4.09. The Balaban J connectivity index is 2.44. The summed E-state index contributed by atoms with van der Waals surface area (Å²) in [6, 6.07) is 0. The first-order chi connectivity index (χ1) is 13.7. The predicted octanol–water partition coefficient (Wildman–Crippen LogP) is 4.41. The van der Waals surface area contributed by atoms with Crippen LogP contribution in [0.2, 0.25) is 0 Å². The molecule has 0 aliphatic carbocycles. The molecule has 0 N–H and O–H groups in total. The zero-order valence-electron chi connectivity index (χ0n) is 14.3. The van der Waals surface area contributed by atoms with Gasteiger partial charge in [0.05, 0.1) is 22.6 Å². The molecule has 0 saturated heterocycles. The molecule has 152 valence electrons. The van der Waals surface area contributed by atoms with Crippen molar-refractivity contribution in [1.82, 2.24) is 0 Å². The third kappa shape index (κ3) is 2.98. The zero-order chi connectivity index (χ0) is 21.6. The summed E-state index contributed by atoms with van der Waals surface area (Å²) in [7, 11) is 0. The molecule has 3 nitrogen and oxygen atoms in total. The second kappa shape index (κ2) is 7.51. The number of hydrogen-bond acceptors (Lipinski definition) is 3. The Morgan fingerprint density at radius 1 is 0.931 bits per heavy atom. The highest BCUT2D eigenvalue weighted by Gasteiger charge is 2.38. The lowest BCUT2D eigenvalue weighted by atomic mass is 9.99. The number of benzene rings is 2. The maximum atomic E-state index is 15.1. The number of carbonyl (C=O) groups excluding carboxylic acids is 1. The van der Waals surface area contributed by atoms with Gasteiger partial charge in [0.15, 0.2) is 47.3 Å². The molecule has 0 saturated carbocycles. The lowest BCUT2D eigenvalue weighted by Crippen LogP contribution is -2.40. The van der Waals surface area contributed by atoms with Crippen molar-refractivity contribution in [2.75, 3.05) is 24.3 Å². The van der Waals surface area contributed by atoms with Gasteiger partial charge in [-0.1, -0.05) is 5.92 Å². The topological polar surface area (TPSA) is 29.5 Å². The Labute approximate surface area is 163 Å². The van der Waals surface area contributed by atoms with Crippen LogP contribution in [0.5, 0.6) is 5.75 Å². The Morgan fingerprint density at radius 2 is 1.45 bits per heavy atom. The average Bonchev–Trinajstić information content (AvgIpc) is 2.69. The van der Waals surface area contributed by atoms with E-state index in [4.69, 9.17) is 6.42 Å². The Hall–Kier alpha value is -2.87. The molecule has 29 heavy (non-hydrogen) atoms. The SMILES string of the molecule is C#CCN1C(=O)COc2c(F)c(F)c(-c3c(F)c(F)c(SC)c(F)c3F)c(F)c21. The highest BCUT2D eigenvalue weighted by Crippen LogP contribution is 2.46. The van der Waals surface area contributed by atoms with E-state index in [1.807, 2.05) is 5.92 Å². The zero-order valence-corrected chi connectivity index (χ0v) is 15.1. The summed E-state index contributed by atoms with van der Waals surface area (Å²) in [6.45, 7) is -1.42. The summed E-state index contributed by atoms with van der Waals surface area (Å²) in [6.07, 6.45) is 6.18. The van der Waals surface area contributed by atoms with Crippen molar-refractivity contribution in [1.29, 1.82) is 0 Å². The van der Waals surface area contributed by atoms with Gasteiger partial charge >= 0.3 is 0 Å². The van der Waals surface area contributed by atoms with Crippen LogP contribution in [0.4, 0.5) is 36.4 Å². The van der Waals surface area contributed by atoms with Crippen molar-refractivity contribution >= 4 is 23.4 Å². The van der Waals surface area contributed by atoms with E-state index < -0.39 is 87.2 Å². The molecule has 1 amide bonds. The molecule has 0 radical (unpaired) electrons. The molecule has 3 rings (SSSR count). The van der Waals surface area contributed by atoms with E-state index in [-0.39, 0.29) is 0 Å². The van der Waals surface area contributed by atoms with E-state index >= 15 is 4.39 Å². The number of amides is 1. The van der Waals surface area contributed by atoms with Crippen molar-refractivity contribution in [3.05, 3.63) is 40.7 Å². The van der Waals surface area contributed by atoms with Crippen LogP contribution in [0.25, 0.3) is 11.1 Å². The second-order valence-electron chi connectivity index (χ2n) is 5.63. The lowest BCUT2D eigenvalue weighted by molar-refractivity contribution is -0.121. The van der Waals surface area contributed by atoms with E-state index in [1.165, 1.54) is 0 Å². The van der Waals surface area contributed by atoms with E-state index in [9.17, 15) is 31.1 Å². The second-order valence-corrected chi connectivity index (χ2v) is 6.45. The molecule has 2 aromatic carbocycles. The molecule has 2 aromatic rings. The largest absolute Gasteiger partial charge is 0.478 e. The fourth-order valence-corrected chi connectivity index (χ4v) is 3.36. The molecule has 11 heteroatoms. The van der Waals surface area contributed by atoms with Crippen LogP contribution in [0.3, 0.4) is 0 Å². The Bertz CT molecular complexity index is 1070. The Morgan fingerprint density at radius 3 is 1.97 bits per heavy atom. The van der Waals surface area contributed by atoms with Gasteiger partial charge in [0.25, 0.3) is 5.91 Å². The number of fused-ring (bicyclic) bond motifs is 1. The predicted molar refractivity (Wildman–Crippen MR) is 90.0 cm³/mol. The van der Waals surface area contributed by atoms with E-state index in [0.717, 1.165) is 6.26 Å². The van der Waals surface area contributed by atoms with E-state index in [1.54, 1.807) is 0 Å². The number of terminal acetylenes is 1. The van der Waals surface area contributed by atoms with Gasteiger partial charge in [-0.25, -0.2) is 26.3 Å². The molecular weight excluding hydrogens is 427 g/mol. The van der Waals surface area contributed by atoms with Crippen LogP contribution in [0.15, 0.2) is 4.90 Å². The fraction of sp³-hybridized carbons (Fsp3) is 0.167. The number of hydrogen-bond donors (Lipinski definition) is 0. The van der Waals surface area contributed by atoms with Crippen LogP contribution >= 0.6 is 11.8 Å². The normalized spacial score (nSPS) is 13.2. The maximum absolute atomic E-state index is 15.1. The summed E-state index contributed by atoms with van der Waals surface area (Å²) in [5, 5.41) is 0. The van der Waals surface area contributed by atoms with Crippen molar-refractivity contribution < 1.29 is 40.3 Å². The highest BCUT2D eigenvalue weighted by atomic mass is 32.2. The van der Waals surface area contributed by atoms with Crippen LogP contribution in [0, 0.1) is 53.1 Å². The van der Waals surface area contributed by atoms with Crippen LogP contribution < -0.4 is 9.64 Å². The average molecular weight is 435 g/mol. The fourth-order valence-electron chi connectivity index (χ4n) is 2.83. The van der Waals surface area contributed by atoms with Gasteiger partial charge in [0, 0.05) is 0 Å². The Kier molecular flexibility index (Phi) is 5.40. The standard InChI is InChI=1S/C18H8F7NO2S/c1-3-4-26-6(27)5-28-17-13(23)9(19)8(12(22)16(17)26)7-10(20)14(24)18(29-2)15(25)11(7)21/h1H,4-5H2,2H3. The van der Waals surface area contributed by atoms with Crippen LogP contribution in [0.1, 0.15) is 0 Å². The molecule has 0 aromatic heterocycles. The lowest BCUT2D eigenvalue weighted by Gasteiger charge is -2.29. The number of anilines is 1. The van der Waals surface area contributed by atoms with Gasteiger partial charge in [-0.15, -0.1) is 18.2 Å². The maximum Gasteiger partial charge on any atom is 0.265 e. The molecule has 1 aliphatic rings. The van der Waals surface area contributed by atoms with E-state index in [2.05, 4.69) is 4.74 Å². The first-order valence-electron chi connectivity index (χ1n) is 7.64. The molecule has 0 atom stereocenters. The number of nitrogens with zero attached hydrogens (tertiary/aromatic N) is 1. The summed E-state index contributed by atoms with van der Waals surface area (Å²) in [5.41, 5.74) is -4.60. The molecule has 1 aliphatic heterocycles. The molecule has 0 bridgehead atoms. The number of halogens is 7. The third-order valence-corrected chi connectivity index (χ3v) is 4.86. The van der Waals surface area contributed by atoms with Gasteiger partial charge in [-0.3, -0.25) is 9.69 Å². The molecule has 1 heterocycles. The van der Waals surface area contributed by atoms with Gasteiger partial charge < -0.3 is 4.74 Å². The summed E-state index contributed by atoms with van der Waals surface area (Å²) in [4.78, 5) is 11.3. The number of thioether (sulfide) groups is 1. The van der Waals surface area contributed by atoms with Gasteiger partial charge in [0.2, 0.25) is 5.82 Å². The van der Waals surface area contributed by atoms with E-state index in [0.29, 0.717) is 16.7 Å². The quantitative estimate of drug-likeness (QED) is 0.310. The molecule has 0 fully saturated rings. The van der Waals surface area contributed by atoms with Crippen molar-refractivity contribution in [3.8, 4) is 29.2 Å². The summed E-state index contributed by atoms with van der Waals surface area (Å²) < 4.78 is 106. The minimum absolute atomic E-state index is 0.309. The first kappa shape index (κ1) is 20.9. The van der Waals surface area contributed by atoms with Gasteiger partial charge in [0.1, 0.15) is 5.69 Å². The molecule has 0 unspecified atom stereocenters. The minimum Gasteiger partial charge on any atom is -0.478 e. The highest BCUT2D eigenvalue weighted by molar-refractivity contribution is 7.98. The van der Waals surface area contributed by atoms with Gasteiger partial charge in [-0.05, 0) is 6.26 Å². The monoisotopic (exact) mass is 435 g/mol. The minimum atomic E-state index is -2.16. The van der Waals surface area contributed by atoms with Crippen molar-refractivity contribution in [2.24, 2.45) is 0 Å². The van der Waals surface area contributed by atoms with Crippen molar-refractivity contribution in [2.45, 2.75) is 4.90 Å².